The third-order valence-corrected chi connectivity index (χ3v) is 4.68. The second-order valence-electron chi connectivity index (χ2n) is 5.72. The Balaban J connectivity index is 1.74. The molecule has 2 bridgehead atoms. The summed E-state index contributed by atoms with van der Waals surface area (Å²) in [7, 11) is 2.24. The molecule has 0 radical (unpaired) electrons. The highest BCUT2D eigenvalue weighted by atomic mass is 16.5. The number of nitrogens with two attached hydrogens (primary N) is 1. The number of rotatable bonds is 3. The number of aromatic nitrogens is 2. The maximum atomic E-state index is 5.92. The van der Waals surface area contributed by atoms with Crippen molar-refractivity contribution >= 4 is 0 Å². The van der Waals surface area contributed by atoms with E-state index in [0.29, 0.717) is 23.9 Å². The molecule has 2 N–H and O–H groups in total. The Morgan fingerprint density at radius 2 is 2.06 bits per heavy atom. The highest BCUT2D eigenvalue weighted by Gasteiger charge is 2.40. The zero-order valence-electron chi connectivity index (χ0n) is 11.2. The number of hydrogen-bond donors (Lipinski definition) is 1. The molecule has 2 aliphatic rings. The molecule has 0 amide bonds. The van der Waals surface area contributed by atoms with Gasteiger partial charge in [0.15, 0.2) is 5.82 Å². The molecule has 0 spiro atoms. The second kappa shape index (κ2) is 4.63. The molecule has 2 saturated heterocycles. The monoisotopic (exact) mass is 250 g/mol. The zero-order valence-corrected chi connectivity index (χ0v) is 11.2. The molecule has 100 valence electrons. The summed E-state index contributed by atoms with van der Waals surface area (Å²) in [4.78, 5) is 7.03. The van der Waals surface area contributed by atoms with E-state index in [4.69, 9.17) is 10.3 Å². The number of piperidine rings is 1. The van der Waals surface area contributed by atoms with E-state index in [1.807, 2.05) is 6.92 Å². The van der Waals surface area contributed by atoms with Crippen LogP contribution in [0.1, 0.15) is 62.7 Å². The molecule has 1 aromatic heterocycles. The van der Waals surface area contributed by atoms with E-state index in [-0.39, 0.29) is 6.04 Å². The van der Waals surface area contributed by atoms with E-state index < -0.39 is 0 Å². The van der Waals surface area contributed by atoms with Crippen molar-refractivity contribution in [3.05, 3.63) is 11.7 Å². The van der Waals surface area contributed by atoms with Crippen LogP contribution in [-0.4, -0.2) is 34.2 Å². The second-order valence-corrected chi connectivity index (χ2v) is 5.72. The van der Waals surface area contributed by atoms with Gasteiger partial charge in [-0.05, 0) is 39.2 Å². The van der Waals surface area contributed by atoms with Crippen LogP contribution in [0.2, 0.25) is 0 Å². The molecule has 1 aromatic rings. The van der Waals surface area contributed by atoms with Crippen molar-refractivity contribution in [3.8, 4) is 0 Å². The minimum absolute atomic E-state index is 0.116. The number of fused-ring (bicyclic) bond motifs is 2. The molecule has 3 heterocycles. The molecule has 18 heavy (non-hydrogen) atoms. The topological polar surface area (TPSA) is 68.2 Å². The van der Waals surface area contributed by atoms with Crippen LogP contribution in [0.25, 0.3) is 0 Å². The minimum atomic E-state index is -0.116. The van der Waals surface area contributed by atoms with Crippen LogP contribution >= 0.6 is 0 Å². The van der Waals surface area contributed by atoms with Crippen LogP contribution < -0.4 is 5.73 Å². The summed E-state index contributed by atoms with van der Waals surface area (Å²) < 4.78 is 5.29. The maximum absolute atomic E-state index is 5.92. The highest BCUT2D eigenvalue weighted by Crippen LogP contribution is 2.41. The average molecular weight is 250 g/mol. The van der Waals surface area contributed by atoms with E-state index in [2.05, 4.69) is 22.1 Å². The lowest BCUT2D eigenvalue weighted by Gasteiger charge is -2.34. The van der Waals surface area contributed by atoms with Gasteiger partial charge < -0.3 is 15.2 Å². The summed E-state index contributed by atoms with van der Waals surface area (Å²) in [6.07, 6.45) is 5.79. The smallest absolute Gasteiger partial charge is 0.243 e. The molecule has 0 saturated carbocycles. The largest absolute Gasteiger partial charge is 0.338 e. The van der Waals surface area contributed by atoms with Gasteiger partial charge in [0, 0.05) is 18.0 Å². The third-order valence-electron chi connectivity index (χ3n) is 4.68. The molecule has 3 atom stereocenters. The van der Waals surface area contributed by atoms with Crippen molar-refractivity contribution in [2.45, 2.75) is 63.1 Å². The average Bonchev–Trinajstić information content (AvgIpc) is 2.92. The van der Waals surface area contributed by atoms with Crippen molar-refractivity contribution in [2.24, 2.45) is 5.73 Å². The van der Waals surface area contributed by atoms with Gasteiger partial charge in [-0.2, -0.15) is 4.98 Å². The first-order valence-electron chi connectivity index (χ1n) is 7.00. The van der Waals surface area contributed by atoms with E-state index in [9.17, 15) is 0 Å². The number of hydrogen-bond acceptors (Lipinski definition) is 5. The SMILES string of the molecule is CCC(N)c1nc(C2CC3CCC(C2)N3C)no1. The Hall–Kier alpha value is -0.940. The summed E-state index contributed by atoms with van der Waals surface area (Å²) in [6.45, 7) is 2.03. The van der Waals surface area contributed by atoms with Gasteiger partial charge in [0.25, 0.3) is 0 Å². The standard InChI is InChI=1S/C13H22N4O/c1-3-11(14)13-15-12(16-18-13)8-6-9-4-5-10(7-8)17(9)2/h8-11H,3-7,14H2,1-2H3. The van der Waals surface area contributed by atoms with Crippen LogP contribution in [0.4, 0.5) is 0 Å². The Morgan fingerprint density at radius 3 is 2.67 bits per heavy atom. The highest BCUT2D eigenvalue weighted by molar-refractivity contribution is 5.06. The van der Waals surface area contributed by atoms with E-state index in [1.165, 1.54) is 12.8 Å². The molecule has 2 fully saturated rings. The van der Waals surface area contributed by atoms with Crippen molar-refractivity contribution in [1.82, 2.24) is 15.0 Å². The van der Waals surface area contributed by atoms with Gasteiger partial charge in [0.2, 0.25) is 5.89 Å². The van der Waals surface area contributed by atoms with Crippen LogP contribution in [0.15, 0.2) is 4.52 Å². The summed E-state index contributed by atoms with van der Waals surface area (Å²) in [6, 6.07) is 1.29. The molecule has 0 aromatic carbocycles. The molecule has 0 aliphatic carbocycles. The van der Waals surface area contributed by atoms with Gasteiger partial charge in [-0.3, -0.25) is 0 Å². The molecular weight excluding hydrogens is 228 g/mol. The summed E-state index contributed by atoms with van der Waals surface area (Å²) >= 11 is 0. The lowest BCUT2D eigenvalue weighted by atomic mass is 9.90. The Morgan fingerprint density at radius 1 is 1.39 bits per heavy atom. The Bertz CT molecular complexity index is 405. The predicted octanol–water partition coefficient (Wildman–Crippen LogP) is 1.82. The fourth-order valence-electron chi connectivity index (χ4n) is 3.36. The molecule has 3 unspecified atom stereocenters. The summed E-state index contributed by atoms with van der Waals surface area (Å²) in [5, 5.41) is 4.15. The van der Waals surface area contributed by atoms with E-state index in [0.717, 1.165) is 25.1 Å². The molecule has 2 aliphatic heterocycles. The Kier molecular flexibility index (Phi) is 3.11. The van der Waals surface area contributed by atoms with Crippen LogP contribution in [0.3, 0.4) is 0 Å². The van der Waals surface area contributed by atoms with E-state index in [1.54, 1.807) is 0 Å². The van der Waals surface area contributed by atoms with E-state index >= 15 is 0 Å². The summed E-state index contributed by atoms with van der Waals surface area (Å²) in [5.41, 5.74) is 5.92. The minimum Gasteiger partial charge on any atom is -0.338 e. The van der Waals surface area contributed by atoms with Crippen molar-refractivity contribution in [1.29, 1.82) is 0 Å². The van der Waals surface area contributed by atoms with Gasteiger partial charge in [0.05, 0.1) is 6.04 Å². The molecule has 3 rings (SSSR count). The molecular formula is C13H22N4O. The van der Waals surface area contributed by atoms with Gasteiger partial charge in [-0.15, -0.1) is 0 Å². The van der Waals surface area contributed by atoms with Gasteiger partial charge in [0.1, 0.15) is 0 Å². The lowest BCUT2D eigenvalue weighted by Crippen LogP contribution is -2.39. The van der Waals surface area contributed by atoms with Gasteiger partial charge >= 0.3 is 0 Å². The fourth-order valence-corrected chi connectivity index (χ4v) is 3.36. The quantitative estimate of drug-likeness (QED) is 0.886. The first-order chi connectivity index (χ1) is 8.69. The Labute approximate surface area is 108 Å². The third kappa shape index (κ3) is 1.95. The van der Waals surface area contributed by atoms with Crippen LogP contribution in [0, 0.1) is 0 Å². The normalized spacial score (nSPS) is 33.8. The van der Waals surface area contributed by atoms with Crippen LogP contribution in [0.5, 0.6) is 0 Å². The fraction of sp³-hybridized carbons (Fsp3) is 0.846. The van der Waals surface area contributed by atoms with Crippen molar-refractivity contribution in [2.75, 3.05) is 7.05 Å². The molecule has 5 heteroatoms. The van der Waals surface area contributed by atoms with Crippen molar-refractivity contribution in [3.63, 3.8) is 0 Å². The van der Waals surface area contributed by atoms with Crippen molar-refractivity contribution < 1.29 is 4.52 Å². The molecule has 5 nitrogen and oxygen atoms in total. The van der Waals surface area contributed by atoms with Gasteiger partial charge in [-0.25, -0.2) is 0 Å². The predicted molar refractivity (Wildman–Crippen MR) is 68.1 cm³/mol. The maximum Gasteiger partial charge on any atom is 0.243 e. The van der Waals surface area contributed by atoms with Gasteiger partial charge in [-0.1, -0.05) is 12.1 Å². The lowest BCUT2D eigenvalue weighted by molar-refractivity contribution is 0.157. The first-order valence-corrected chi connectivity index (χ1v) is 7.00. The number of nitrogens with zero attached hydrogens (tertiary/aromatic N) is 3. The first kappa shape index (κ1) is 12.1. The summed E-state index contributed by atoms with van der Waals surface area (Å²) in [5.74, 6) is 1.93. The zero-order chi connectivity index (χ0) is 12.7. The van der Waals surface area contributed by atoms with Crippen LogP contribution in [-0.2, 0) is 0 Å².